The number of benzene rings is 2. The van der Waals surface area contributed by atoms with Crippen molar-refractivity contribution >= 4 is 11.7 Å². The first-order chi connectivity index (χ1) is 13.8. The molecule has 156 valence electrons. The molecule has 1 N–H and O–H groups in total. The number of aromatic carboxylic acids is 1. The first-order valence-corrected chi connectivity index (χ1v) is 9.20. The summed E-state index contributed by atoms with van der Waals surface area (Å²) in [5.74, 6) is -1.04. The van der Waals surface area contributed by atoms with Gasteiger partial charge in [-0.25, -0.2) is 9.18 Å². The van der Waals surface area contributed by atoms with E-state index in [0.717, 1.165) is 23.4 Å². The SMILES string of the molecule is O=C(O)c1ccc(N2CC(c3ccc(C(F)(F)F)cc3)C[C@H]2COCCF)cc1. The summed E-state index contributed by atoms with van der Waals surface area (Å²) < 4.78 is 56.2. The van der Waals surface area contributed by atoms with Crippen LogP contribution in [0.4, 0.5) is 23.2 Å². The third kappa shape index (κ3) is 5.06. The fourth-order valence-electron chi connectivity index (χ4n) is 3.65. The van der Waals surface area contributed by atoms with Gasteiger partial charge >= 0.3 is 12.1 Å². The molecule has 0 saturated carbocycles. The van der Waals surface area contributed by atoms with Crippen molar-refractivity contribution in [2.45, 2.75) is 24.6 Å². The molecule has 1 aliphatic heterocycles. The second-order valence-corrected chi connectivity index (χ2v) is 6.97. The highest BCUT2D eigenvalue weighted by atomic mass is 19.4. The van der Waals surface area contributed by atoms with Gasteiger partial charge in [0.1, 0.15) is 6.67 Å². The molecule has 0 spiro atoms. The van der Waals surface area contributed by atoms with Gasteiger partial charge in [-0.3, -0.25) is 0 Å². The van der Waals surface area contributed by atoms with Gasteiger partial charge in [-0.05, 0) is 48.4 Å². The van der Waals surface area contributed by atoms with Crippen molar-refractivity contribution in [3.8, 4) is 0 Å². The smallest absolute Gasteiger partial charge is 0.416 e. The zero-order chi connectivity index (χ0) is 21.0. The molecule has 1 fully saturated rings. The summed E-state index contributed by atoms with van der Waals surface area (Å²) in [5, 5.41) is 9.06. The van der Waals surface area contributed by atoms with Gasteiger partial charge in [0.2, 0.25) is 0 Å². The Bertz CT molecular complexity index is 821. The van der Waals surface area contributed by atoms with Crippen molar-refractivity contribution in [3.05, 3.63) is 65.2 Å². The quantitative estimate of drug-likeness (QED) is 0.528. The second kappa shape index (κ2) is 8.82. The molecule has 2 aromatic rings. The van der Waals surface area contributed by atoms with E-state index in [0.29, 0.717) is 13.0 Å². The molecule has 29 heavy (non-hydrogen) atoms. The maximum Gasteiger partial charge on any atom is 0.416 e. The molecule has 1 unspecified atom stereocenters. The van der Waals surface area contributed by atoms with Crippen molar-refractivity contribution in [3.63, 3.8) is 0 Å². The third-order valence-corrected chi connectivity index (χ3v) is 5.10. The van der Waals surface area contributed by atoms with Crippen LogP contribution in [-0.4, -0.2) is 43.6 Å². The molecular weight excluding hydrogens is 390 g/mol. The van der Waals surface area contributed by atoms with Crippen LogP contribution >= 0.6 is 0 Å². The first-order valence-electron chi connectivity index (χ1n) is 9.20. The fourth-order valence-corrected chi connectivity index (χ4v) is 3.65. The molecule has 8 heteroatoms. The number of anilines is 1. The van der Waals surface area contributed by atoms with Gasteiger partial charge in [-0.1, -0.05) is 12.1 Å². The van der Waals surface area contributed by atoms with E-state index >= 15 is 0 Å². The van der Waals surface area contributed by atoms with Crippen LogP contribution in [0.2, 0.25) is 0 Å². The minimum atomic E-state index is -4.38. The summed E-state index contributed by atoms with van der Waals surface area (Å²) >= 11 is 0. The Morgan fingerprint density at radius 2 is 1.76 bits per heavy atom. The summed E-state index contributed by atoms with van der Waals surface area (Å²) in [4.78, 5) is 13.1. The van der Waals surface area contributed by atoms with Gasteiger partial charge in [0, 0.05) is 18.2 Å². The molecule has 0 radical (unpaired) electrons. The van der Waals surface area contributed by atoms with Crippen molar-refractivity contribution in [1.29, 1.82) is 0 Å². The van der Waals surface area contributed by atoms with Crippen molar-refractivity contribution < 1.29 is 32.2 Å². The van der Waals surface area contributed by atoms with Crippen molar-refractivity contribution in [2.24, 2.45) is 0 Å². The summed E-state index contributed by atoms with van der Waals surface area (Å²) in [6, 6.07) is 11.4. The maximum absolute atomic E-state index is 12.8. The van der Waals surface area contributed by atoms with E-state index in [2.05, 4.69) is 0 Å². The van der Waals surface area contributed by atoms with Gasteiger partial charge in [0.25, 0.3) is 0 Å². The summed E-state index contributed by atoms with van der Waals surface area (Å²) in [7, 11) is 0. The number of alkyl halides is 4. The number of hydrogen-bond acceptors (Lipinski definition) is 3. The van der Waals surface area contributed by atoms with Gasteiger partial charge < -0.3 is 14.7 Å². The Kier molecular flexibility index (Phi) is 6.42. The Balaban J connectivity index is 1.79. The van der Waals surface area contributed by atoms with Crippen molar-refractivity contribution in [1.82, 2.24) is 0 Å². The van der Waals surface area contributed by atoms with E-state index in [1.54, 1.807) is 12.1 Å². The lowest BCUT2D eigenvalue weighted by molar-refractivity contribution is -0.137. The number of hydrogen-bond donors (Lipinski definition) is 1. The largest absolute Gasteiger partial charge is 0.478 e. The zero-order valence-corrected chi connectivity index (χ0v) is 15.5. The van der Waals surface area contributed by atoms with Crippen LogP contribution < -0.4 is 4.90 Å². The van der Waals surface area contributed by atoms with Crippen LogP contribution in [0.25, 0.3) is 0 Å². The molecular formula is C21H21F4NO3. The van der Waals surface area contributed by atoms with Crippen LogP contribution in [0.3, 0.4) is 0 Å². The van der Waals surface area contributed by atoms with Gasteiger partial charge in [0.05, 0.1) is 30.4 Å². The predicted molar refractivity (Wildman–Crippen MR) is 100 cm³/mol. The highest BCUT2D eigenvalue weighted by Crippen LogP contribution is 2.37. The van der Waals surface area contributed by atoms with Gasteiger partial charge in [-0.2, -0.15) is 13.2 Å². The standard InChI is InChI=1S/C21H21F4NO3/c22-9-10-29-13-19-11-16(14-1-5-17(6-2-14)21(23,24)25)12-26(19)18-7-3-15(4-8-18)20(27)28/h1-8,16,19H,9-13H2,(H,27,28)/t16?,19-/m0/s1. The Morgan fingerprint density at radius 3 is 2.31 bits per heavy atom. The molecule has 0 aliphatic carbocycles. The number of carbonyl (C=O) groups is 1. The van der Waals surface area contributed by atoms with Crippen LogP contribution in [0, 0.1) is 0 Å². The minimum absolute atomic E-state index is 0.0181. The number of ether oxygens (including phenoxy) is 1. The number of nitrogens with zero attached hydrogens (tertiary/aromatic N) is 1. The van der Waals surface area contributed by atoms with Crippen molar-refractivity contribution in [2.75, 3.05) is 31.3 Å². The average molecular weight is 411 g/mol. The Morgan fingerprint density at radius 1 is 1.10 bits per heavy atom. The van der Waals surface area contributed by atoms with Gasteiger partial charge in [0.15, 0.2) is 0 Å². The summed E-state index contributed by atoms with van der Waals surface area (Å²) in [6.45, 7) is 0.207. The average Bonchev–Trinajstić information content (AvgIpc) is 3.12. The highest BCUT2D eigenvalue weighted by molar-refractivity contribution is 5.88. The minimum Gasteiger partial charge on any atom is -0.478 e. The molecule has 1 saturated heterocycles. The highest BCUT2D eigenvalue weighted by Gasteiger charge is 2.34. The van der Waals surface area contributed by atoms with E-state index < -0.39 is 24.4 Å². The van der Waals surface area contributed by atoms with E-state index in [9.17, 15) is 22.4 Å². The summed E-state index contributed by atoms with van der Waals surface area (Å²) in [5.41, 5.74) is 1.05. The first kappa shape index (κ1) is 21.1. The monoisotopic (exact) mass is 411 g/mol. The van der Waals surface area contributed by atoms with E-state index in [1.807, 2.05) is 4.90 Å². The van der Waals surface area contributed by atoms with Gasteiger partial charge in [-0.15, -0.1) is 0 Å². The number of halogens is 4. The van der Waals surface area contributed by atoms with E-state index in [4.69, 9.17) is 9.84 Å². The molecule has 0 bridgehead atoms. The normalized spacial score (nSPS) is 19.5. The summed E-state index contributed by atoms with van der Waals surface area (Å²) in [6.07, 6.45) is -3.74. The van der Waals surface area contributed by atoms with Crippen LogP contribution in [0.1, 0.15) is 33.8 Å². The maximum atomic E-state index is 12.8. The Labute approximate surface area is 165 Å². The van der Waals surface area contributed by atoms with Crippen LogP contribution in [0.15, 0.2) is 48.5 Å². The van der Waals surface area contributed by atoms with E-state index in [-0.39, 0.29) is 30.7 Å². The fraction of sp³-hybridized carbons (Fsp3) is 0.381. The molecule has 1 aliphatic rings. The van der Waals surface area contributed by atoms with Crippen LogP contribution in [-0.2, 0) is 10.9 Å². The lowest BCUT2D eigenvalue weighted by atomic mass is 9.95. The molecule has 0 aromatic heterocycles. The number of carboxylic acid groups (broad SMARTS) is 1. The lowest BCUT2D eigenvalue weighted by Gasteiger charge is -2.26. The molecule has 3 rings (SSSR count). The van der Waals surface area contributed by atoms with E-state index in [1.165, 1.54) is 24.3 Å². The number of carboxylic acids is 1. The Hall–Kier alpha value is -2.61. The molecule has 1 heterocycles. The topological polar surface area (TPSA) is 49.8 Å². The third-order valence-electron chi connectivity index (χ3n) is 5.10. The molecule has 2 atom stereocenters. The predicted octanol–water partition coefficient (Wildman–Crippen LogP) is 4.75. The molecule has 0 amide bonds. The number of rotatable bonds is 7. The lowest BCUT2D eigenvalue weighted by Crippen LogP contribution is -2.33. The van der Waals surface area contributed by atoms with Crippen LogP contribution in [0.5, 0.6) is 0 Å². The molecule has 4 nitrogen and oxygen atoms in total. The zero-order valence-electron chi connectivity index (χ0n) is 15.5. The molecule has 2 aromatic carbocycles. The second-order valence-electron chi connectivity index (χ2n) is 6.97.